The maximum atomic E-state index is 12.7. The molecule has 0 saturated heterocycles. The van der Waals surface area contributed by atoms with Gasteiger partial charge in [-0.2, -0.15) is 0 Å². The summed E-state index contributed by atoms with van der Waals surface area (Å²) >= 11 is 6.54. The van der Waals surface area contributed by atoms with Gasteiger partial charge in [0.25, 0.3) is 0 Å². The number of hydrogen-bond acceptors (Lipinski definition) is 5. The van der Waals surface area contributed by atoms with Gasteiger partial charge in [-0.15, -0.1) is 0 Å². The Morgan fingerprint density at radius 2 is 1.81 bits per heavy atom. The number of fused-ring (bicyclic) bond motifs is 1. The lowest BCUT2D eigenvalue weighted by molar-refractivity contribution is 0.0501. The van der Waals surface area contributed by atoms with E-state index in [1.54, 1.807) is 24.3 Å². The summed E-state index contributed by atoms with van der Waals surface area (Å²) in [6, 6.07) is 13.0. The average molecular weight is 510 g/mol. The van der Waals surface area contributed by atoms with Gasteiger partial charge in [-0.05, 0) is 68.9 Å². The molecule has 0 spiro atoms. The number of alkyl carbamates (subject to hydrolysis) is 1. The Kier molecular flexibility index (Phi) is 7.54. The summed E-state index contributed by atoms with van der Waals surface area (Å²) in [6.45, 7) is 5.46. The third-order valence-electron chi connectivity index (χ3n) is 5.73. The number of ether oxygens (including phenoxy) is 2. The summed E-state index contributed by atoms with van der Waals surface area (Å²) in [5.74, 6) is 0.518. The molecule has 1 heterocycles. The van der Waals surface area contributed by atoms with Crippen molar-refractivity contribution < 1.29 is 19.1 Å². The van der Waals surface area contributed by atoms with Crippen molar-refractivity contribution in [1.29, 1.82) is 0 Å². The number of carbonyl (C=O) groups excluding carboxylic acids is 2. The van der Waals surface area contributed by atoms with Gasteiger partial charge < -0.3 is 19.8 Å². The topological polar surface area (TPSA) is 105 Å². The third-order valence-corrected chi connectivity index (χ3v) is 6.00. The third kappa shape index (κ3) is 6.37. The van der Waals surface area contributed by atoms with E-state index in [0.29, 0.717) is 28.8 Å². The van der Waals surface area contributed by atoms with Crippen LogP contribution in [0.25, 0.3) is 11.3 Å². The van der Waals surface area contributed by atoms with E-state index >= 15 is 0 Å². The van der Waals surface area contributed by atoms with Crippen LogP contribution in [0.15, 0.2) is 42.5 Å². The predicted molar refractivity (Wildman–Crippen MR) is 139 cm³/mol. The fourth-order valence-electron chi connectivity index (χ4n) is 4.09. The second-order valence-electron chi connectivity index (χ2n) is 9.68. The number of methoxy groups -OCH3 is 1. The Morgan fingerprint density at radius 3 is 2.50 bits per heavy atom. The molecule has 1 aliphatic rings. The number of anilines is 1. The monoisotopic (exact) mass is 509 g/mol. The first-order valence-electron chi connectivity index (χ1n) is 11.7. The van der Waals surface area contributed by atoms with Gasteiger partial charge in [-0.25, -0.2) is 14.6 Å². The van der Waals surface area contributed by atoms with Crippen molar-refractivity contribution in [2.24, 2.45) is 0 Å². The number of halogens is 1. The molecule has 0 bridgehead atoms. The van der Waals surface area contributed by atoms with Crippen molar-refractivity contribution in [3.63, 3.8) is 0 Å². The van der Waals surface area contributed by atoms with Crippen LogP contribution in [0.5, 0.6) is 0 Å². The van der Waals surface area contributed by atoms with Crippen LogP contribution in [0.2, 0.25) is 5.15 Å². The molecule has 1 atom stereocenters. The molecule has 1 radical (unpaired) electrons. The van der Waals surface area contributed by atoms with Crippen molar-refractivity contribution >= 4 is 29.5 Å². The van der Waals surface area contributed by atoms with Crippen LogP contribution in [0.4, 0.5) is 15.3 Å². The molecule has 1 aromatic heterocycles. The summed E-state index contributed by atoms with van der Waals surface area (Å²) in [7, 11) is 1.30. The average Bonchev–Trinajstić information content (AvgIpc) is 3.44. The highest BCUT2D eigenvalue weighted by Gasteiger charge is 2.25. The van der Waals surface area contributed by atoms with Gasteiger partial charge in [-0.3, -0.25) is 5.32 Å². The summed E-state index contributed by atoms with van der Waals surface area (Å²) in [6.07, 6.45) is 3.62. The second kappa shape index (κ2) is 10.6. The van der Waals surface area contributed by atoms with Crippen LogP contribution in [0.1, 0.15) is 49.3 Å². The smallest absolute Gasteiger partial charge is 0.411 e. The van der Waals surface area contributed by atoms with Crippen LogP contribution >= 0.6 is 11.6 Å². The first kappa shape index (κ1) is 25.6. The number of aromatic amines is 1. The van der Waals surface area contributed by atoms with E-state index < -0.39 is 23.8 Å². The van der Waals surface area contributed by atoms with Gasteiger partial charge >= 0.3 is 12.2 Å². The van der Waals surface area contributed by atoms with Gasteiger partial charge in [0, 0.05) is 17.7 Å². The van der Waals surface area contributed by atoms with Gasteiger partial charge in [-0.1, -0.05) is 41.9 Å². The number of amides is 2. The van der Waals surface area contributed by atoms with Crippen molar-refractivity contribution in [2.75, 3.05) is 12.4 Å². The molecule has 0 unspecified atom stereocenters. The summed E-state index contributed by atoms with van der Waals surface area (Å²) in [4.78, 5) is 32.0. The van der Waals surface area contributed by atoms with Gasteiger partial charge in [0.2, 0.25) is 0 Å². The van der Waals surface area contributed by atoms with Crippen molar-refractivity contribution in [3.8, 4) is 11.3 Å². The lowest BCUT2D eigenvalue weighted by Gasteiger charge is -2.23. The van der Waals surface area contributed by atoms with Crippen molar-refractivity contribution in [3.05, 3.63) is 76.6 Å². The number of H-pyrrole nitrogens is 1. The first-order chi connectivity index (χ1) is 17.1. The molecule has 0 fully saturated rings. The van der Waals surface area contributed by atoms with E-state index in [-0.39, 0.29) is 0 Å². The van der Waals surface area contributed by atoms with Crippen LogP contribution in [0.3, 0.4) is 0 Å². The highest BCUT2D eigenvalue weighted by atomic mass is 35.5. The first-order valence-corrected chi connectivity index (χ1v) is 12.1. The number of hydrogen-bond donors (Lipinski definition) is 3. The Hall–Kier alpha value is -3.52. The van der Waals surface area contributed by atoms with E-state index in [2.05, 4.69) is 45.0 Å². The zero-order valence-corrected chi connectivity index (χ0v) is 21.5. The quantitative estimate of drug-likeness (QED) is 0.377. The number of imidazole rings is 1. The molecular formula is C27H30ClN4O4. The van der Waals surface area contributed by atoms with Gasteiger partial charge in [0.1, 0.15) is 22.3 Å². The number of rotatable bonds is 6. The molecule has 2 aromatic carbocycles. The Bertz CT molecular complexity index is 1250. The molecule has 4 rings (SSSR count). The van der Waals surface area contributed by atoms with E-state index in [9.17, 15) is 9.59 Å². The van der Waals surface area contributed by atoms with E-state index in [1.807, 2.05) is 20.8 Å². The fourth-order valence-corrected chi connectivity index (χ4v) is 4.33. The highest BCUT2D eigenvalue weighted by Crippen LogP contribution is 2.30. The van der Waals surface area contributed by atoms with E-state index in [4.69, 9.17) is 21.3 Å². The Balaban J connectivity index is 1.59. The number of carbonyl (C=O) groups is 2. The Labute approximate surface area is 215 Å². The molecule has 9 heteroatoms. The normalized spacial score (nSPS) is 13.6. The fraction of sp³-hybridized carbons (Fsp3) is 0.333. The maximum absolute atomic E-state index is 12.7. The van der Waals surface area contributed by atoms with E-state index in [1.165, 1.54) is 18.2 Å². The largest absolute Gasteiger partial charge is 0.453 e. The minimum Gasteiger partial charge on any atom is -0.453 e. The van der Waals surface area contributed by atoms with Crippen molar-refractivity contribution in [2.45, 2.75) is 51.7 Å². The number of nitrogens with one attached hydrogen (secondary N) is 3. The summed E-state index contributed by atoms with van der Waals surface area (Å²) in [5, 5.41) is 5.91. The number of nitrogens with zero attached hydrogens (tertiary/aromatic N) is 1. The molecule has 3 N–H and O–H groups in total. The SMILES string of the molecule is COC(=O)Nc1ccc(-c2nc([C@H](Cc3ccc4c(c3)C[CH]C4)NC(=O)OC(C)(C)C)[nH]c2Cl)cc1. The summed E-state index contributed by atoms with van der Waals surface area (Å²) in [5.41, 5.74) is 4.96. The van der Waals surface area contributed by atoms with E-state index in [0.717, 1.165) is 24.0 Å². The number of benzene rings is 2. The zero-order chi connectivity index (χ0) is 25.9. The lowest BCUT2D eigenvalue weighted by atomic mass is 10.0. The molecule has 189 valence electrons. The Morgan fingerprint density at radius 1 is 1.08 bits per heavy atom. The predicted octanol–water partition coefficient (Wildman–Crippen LogP) is 6.02. The van der Waals surface area contributed by atoms with Crippen LogP contribution < -0.4 is 10.6 Å². The van der Waals surface area contributed by atoms with Gasteiger partial charge in [0.05, 0.1) is 13.2 Å². The molecule has 36 heavy (non-hydrogen) atoms. The van der Waals surface area contributed by atoms with Crippen LogP contribution in [-0.4, -0.2) is 34.9 Å². The minimum atomic E-state index is -0.635. The lowest BCUT2D eigenvalue weighted by Crippen LogP contribution is -2.36. The highest BCUT2D eigenvalue weighted by molar-refractivity contribution is 6.31. The second-order valence-corrected chi connectivity index (χ2v) is 10.1. The van der Waals surface area contributed by atoms with Crippen molar-refractivity contribution in [1.82, 2.24) is 15.3 Å². The molecule has 8 nitrogen and oxygen atoms in total. The standard InChI is InChI=1S/C27H30ClN4O4/c1-27(2,3)36-26(34)30-21(15-16-8-9-17-6-5-7-19(17)14-16)24-31-22(23(28)32-24)18-10-12-20(13-11-18)29-25(33)35-4/h5,8-14,21H,6-7,15H2,1-4H3,(H,29,33)(H,30,34)(H,31,32)/t21-/m0/s1. The summed E-state index contributed by atoms with van der Waals surface area (Å²) < 4.78 is 10.1. The molecule has 0 aliphatic heterocycles. The molecular weight excluding hydrogens is 480 g/mol. The van der Waals surface area contributed by atoms with Crippen LogP contribution in [0, 0.1) is 6.42 Å². The molecule has 0 saturated carbocycles. The number of aromatic nitrogens is 2. The van der Waals surface area contributed by atoms with Gasteiger partial charge in [0.15, 0.2) is 0 Å². The minimum absolute atomic E-state index is 0.346. The molecule has 1 aliphatic carbocycles. The zero-order valence-electron chi connectivity index (χ0n) is 20.8. The molecule has 2 amide bonds. The molecule has 3 aromatic rings. The van der Waals surface area contributed by atoms with Crippen LogP contribution in [-0.2, 0) is 28.7 Å². The maximum Gasteiger partial charge on any atom is 0.411 e.